The Bertz CT molecular complexity index is 854. The minimum atomic E-state index is 0.554. The fourth-order valence-electron chi connectivity index (χ4n) is 5.03. The van der Waals surface area contributed by atoms with Gasteiger partial charge in [-0.25, -0.2) is 0 Å². The second-order valence-electron chi connectivity index (χ2n) is 8.07. The largest absolute Gasteiger partial charge is 0.373 e. The number of hydrogen-bond acceptors (Lipinski definition) is 3. The molecule has 3 aliphatic rings. The van der Waals surface area contributed by atoms with Crippen molar-refractivity contribution in [3.8, 4) is 0 Å². The summed E-state index contributed by atoms with van der Waals surface area (Å²) in [6, 6.07) is 7.37. The number of fused-ring (bicyclic) bond motifs is 7. The molecule has 2 aliphatic heterocycles. The van der Waals surface area contributed by atoms with E-state index in [1.807, 2.05) is 0 Å². The molecule has 25 heavy (non-hydrogen) atoms. The lowest BCUT2D eigenvalue weighted by Crippen LogP contribution is -2.45. The van der Waals surface area contributed by atoms with Crippen molar-refractivity contribution in [3.05, 3.63) is 41.2 Å². The molecule has 1 fully saturated rings. The van der Waals surface area contributed by atoms with Gasteiger partial charge < -0.3 is 14.4 Å². The molecule has 132 valence electrons. The molecule has 5 rings (SSSR count). The lowest BCUT2D eigenvalue weighted by atomic mass is 10.0. The lowest BCUT2D eigenvalue weighted by molar-refractivity contribution is 0.150. The molecule has 0 radical (unpaired) electrons. The van der Waals surface area contributed by atoms with Crippen molar-refractivity contribution in [3.63, 3.8) is 0 Å². The number of benzene rings is 1. The normalized spacial score (nSPS) is 23.6. The van der Waals surface area contributed by atoms with Gasteiger partial charge in [-0.05, 0) is 31.2 Å². The highest BCUT2D eigenvalue weighted by molar-refractivity contribution is 5.96. The van der Waals surface area contributed by atoms with E-state index in [1.54, 1.807) is 5.56 Å². The average Bonchev–Trinajstić information content (AvgIpc) is 3.24. The predicted octanol–water partition coefficient (Wildman–Crippen LogP) is 2.93. The number of hydrogen-bond donors (Lipinski definition) is 0. The summed E-state index contributed by atoms with van der Waals surface area (Å²) in [7, 11) is 4.46. The first-order valence-electron chi connectivity index (χ1n) is 9.59. The summed E-state index contributed by atoms with van der Waals surface area (Å²) in [5.41, 5.74) is 7.52. The third-order valence-electron chi connectivity index (χ3n) is 6.47. The summed E-state index contributed by atoms with van der Waals surface area (Å²) >= 11 is 0. The SMILES string of the molecule is Cc1cccc2c1c1c(n2CCN2CCN(C)CC2)C2=CN(C)C1C2. The van der Waals surface area contributed by atoms with E-state index >= 15 is 0 Å². The quantitative estimate of drug-likeness (QED) is 0.856. The first-order chi connectivity index (χ1) is 12.1. The van der Waals surface area contributed by atoms with Crippen molar-refractivity contribution < 1.29 is 0 Å². The van der Waals surface area contributed by atoms with Crippen LogP contribution in [-0.4, -0.2) is 66.1 Å². The molecule has 2 aromatic rings. The molecule has 0 spiro atoms. The number of piperazine rings is 1. The van der Waals surface area contributed by atoms with Crippen LogP contribution in [0.5, 0.6) is 0 Å². The Morgan fingerprint density at radius 1 is 1.04 bits per heavy atom. The standard InChI is InChI=1S/C21H28N4/c1-15-5-4-6-17-19(15)20-18-13-16(14-23(18)3)21(20)25(17)12-11-24-9-7-22(2)8-10-24/h4-6,14,18H,7-13H2,1-3H3. The zero-order valence-electron chi connectivity index (χ0n) is 15.6. The van der Waals surface area contributed by atoms with E-state index in [0.717, 1.165) is 13.1 Å². The van der Waals surface area contributed by atoms with Crippen molar-refractivity contribution in [2.75, 3.05) is 46.8 Å². The number of aromatic nitrogens is 1. The van der Waals surface area contributed by atoms with Crippen LogP contribution in [-0.2, 0) is 6.54 Å². The summed E-state index contributed by atoms with van der Waals surface area (Å²) in [5.74, 6) is 0. The molecule has 0 amide bonds. The molecule has 1 aliphatic carbocycles. The van der Waals surface area contributed by atoms with Crippen LogP contribution in [0.4, 0.5) is 0 Å². The Hall–Kier alpha value is -1.78. The van der Waals surface area contributed by atoms with Gasteiger partial charge in [0.05, 0.1) is 11.7 Å². The number of nitrogens with zero attached hydrogens (tertiary/aromatic N) is 4. The molecule has 3 heterocycles. The predicted molar refractivity (Wildman–Crippen MR) is 104 cm³/mol. The second kappa shape index (κ2) is 5.61. The van der Waals surface area contributed by atoms with E-state index in [0.29, 0.717) is 6.04 Å². The topological polar surface area (TPSA) is 14.7 Å². The van der Waals surface area contributed by atoms with Crippen molar-refractivity contribution in [1.29, 1.82) is 0 Å². The van der Waals surface area contributed by atoms with E-state index in [2.05, 4.69) is 64.7 Å². The fourth-order valence-corrected chi connectivity index (χ4v) is 5.03. The molecule has 4 nitrogen and oxygen atoms in total. The zero-order chi connectivity index (χ0) is 17.1. The van der Waals surface area contributed by atoms with E-state index in [1.165, 1.54) is 60.3 Å². The maximum absolute atomic E-state index is 2.63. The van der Waals surface area contributed by atoms with Gasteiger partial charge in [-0.3, -0.25) is 4.90 Å². The van der Waals surface area contributed by atoms with Gasteiger partial charge in [0, 0.05) is 75.4 Å². The minimum absolute atomic E-state index is 0.554. The van der Waals surface area contributed by atoms with Gasteiger partial charge in [-0.15, -0.1) is 0 Å². The Balaban J connectivity index is 1.53. The van der Waals surface area contributed by atoms with Gasteiger partial charge in [0.25, 0.3) is 0 Å². The van der Waals surface area contributed by atoms with Gasteiger partial charge in [0.2, 0.25) is 0 Å². The molecule has 1 aromatic heterocycles. The molecule has 1 unspecified atom stereocenters. The highest BCUT2D eigenvalue weighted by Crippen LogP contribution is 2.52. The van der Waals surface area contributed by atoms with Crippen LogP contribution < -0.4 is 0 Å². The molecular formula is C21H28N4. The van der Waals surface area contributed by atoms with Gasteiger partial charge in [0.1, 0.15) is 0 Å². The number of rotatable bonds is 3. The first-order valence-corrected chi connectivity index (χ1v) is 9.59. The summed E-state index contributed by atoms with van der Waals surface area (Å²) in [5, 5.41) is 1.51. The van der Waals surface area contributed by atoms with Gasteiger partial charge in [-0.2, -0.15) is 0 Å². The molecule has 1 aromatic carbocycles. The summed E-state index contributed by atoms with van der Waals surface area (Å²) in [6.07, 6.45) is 3.56. The highest BCUT2D eigenvalue weighted by atomic mass is 15.3. The zero-order valence-corrected chi connectivity index (χ0v) is 15.6. The summed E-state index contributed by atoms with van der Waals surface area (Å²) in [4.78, 5) is 7.47. The van der Waals surface area contributed by atoms with Crippen LogP contribution in [0.1, 0.15) is 29.3 Å². The van der Waals surface area contributed by atoms with Crippen molar-refractivity contribution in [1.82, 2.24) is 19.3 Å². The Morgan fingerprint density at radius 2 is 1.84 bits per heavy atom. The third kappa shape index (κ3) is 2.27. The maximum atomic E-state index is 2.63. The summed E-state index contributed by atoms with van der Waals surface area (Å²) in [6.45, 7) is 9.33. The monoisotopic (exact) mass is 336 g/mol. The van der Waals surface area contributed by atoms with Crippen molar-refractivity contribution in [2.45, 2.75) is 25.9 Å². The van der Waals surface area contributed by atoms with Crippen molar-refractivity contribution in [2.24, 2.45) is 0 Å². The fraction of sp³-hybridized carbons (Fsp3) is 0.524. The van der Waals surface area contributed by atoms with Gasteiger partial charge >= 0.3 is 0 Å². The van der Waals surface area contributed by atoms with Crippen LogP contribution >= 0.6 is 0 Å². The Labute approximate surface area is 150 Å². The molecule has 1 atom stereocenters. The van der Waals surface area contributed by atoms with Gasteiger partial charge in [-0.1, -0.05) is 12.1 Å². The van der Waals surface area contributed by atoms with E-state index in [9.17, 15) is 0 Å². The smallest absolute Gasteiger partial charge is 0.0602 e. The third-order valence-corrected chi connectivity index (χ3v) is 6.47. The van der Waals surface area contributed by atoms with Crippen LogP contribution in [0, 0.1) is 6.92 Å². The van der Waals surface area contributed by atoms with E-state index in [-0.39, 0.29) is 0 Å². The molecule has 4 heteroatoms. The summed E-state index contributed by atoms with van der Waals surface area (Å²) < 4.78 is 2.62. The van der Waals surface area contributed by atoms with E-state index < -0.39 is 0 Å². The molecule has 1 saturated heterocycles. The lowest BCUT2D eigenvalue weighted by Gasteiger charge is -2.32. The minimum Gasteiger partial charge on any atom is -0.373 e. The van der Waals surface area contributed by atoms with Crippen LogP contribution in [0.25, 0.3) is 16.5 Å². The molecule has 0 saturated carbocycles. The van der Waals surface area contributed by atoms with Crippen molar-refractivity contribution >= 4 is 16.5 Å². The molecular weight excluding hydrogens is 308 g/mol. The molecule has 2 bridgehead atoms. The second-order valence-corrected chi connectivity index (χ2v) is 8.07. The first kappa shape index (κ1) is 15.5. The van der Waals surface area contributed by atoms with Crippen LogP contribution in [0.15, 0.2) is 24.4 Å². The molecule has 0 N–H and O–H groups in total. The number of likely N-dealkylation sites (N-methyl/N-ethyl adjacent to an activating group) is 1. The van der Waals surface area contributed by atoms with Gasteiger partial charge in [0.15, 0.2) is 0 Å². The Kier molecular flexibility index (Phi) is 3.47. The Morgan fingerprint density at radius 3 is 2.64 bits per heavy atom. The maximum Gasteiger partial charge on any atom is 0.0602 e. The van der Waals surface area contributed by atoms with Crippen LogP contribution in [0.3, 0.4) is 0 Å². The van der Waals surface area contributed by atoms with Crippen LogP contribution in [0.2, 0.25) is 0 Å². The number of aryl methyl sites for hydroxylation is 1. The van der Waals surface area contributed by atoms with E-state index in [4.69, 9.17) is 0 Å². The average molecular weight is 336 g/mol. The highest BCUT2D eigenvalue weighted by Gasteiger charge is 2.39.